The van der Waals surface area contributed by atoms with Crippen LogP contribution in [0.1, 0.15) is 5.69 Å². The van der Waals surface area contributed by atoms with Crippen molar-refractivity contribution in [2.45, 2.75) is 6.42 Å². The second-order valence-corrected chi connectivity index (χ2v) is 3.77. The molecule has 5 heteroatoms. The van der Waals surface area contributed by atoms with E-state index in [0.29, 0.717) is 18.7 Å². The number of hydrogen-bond acceptors (Lipinski definition) is 3. The molecule has 2 aromatic rings. The quantitative estimate of drug-likeness (QED) is 0.597. The first-order valence-corrected chi connectivity index (χ1v) is 5.64. The van der Waals surface area contributed by atoms with E-state index in [2.05, 4.69) is 4.98 Å². The van der Waals surface area contributed by atoms with Gasteiger partial charge in [0.15, 0.2) is 5.03 Å². The van der Waals surface area contributed by atoms with Gasteiger partial charge in [-0.3, -0.25) is 4.98 Å². The Balaban J connectivity index is 2.06. The van der Waals surface area contributed by atoms with Crippen LogP contribution in [-0.2, 0) is 6.42 Å². The van der Waals surface area contributed by atoms with Crippen LogP contribution in [0.25, 0.3) is 0 Å². The minimum atomic E-state index is -0.391. The lowest BCUT2D eigenvalue weighted by Crippen LogP contribution is -2.31. The molecule has 0 saturated carbocycles. The van der Waals surface area contributed by atoms with E-state index in [-0.39, 0.29) is 0 Å². The standard InChI is InChI=1S/C13H13N3O2/c17-16(18)15(13-7-2-1-3-8-13)11-9-12-6-4-5-10-14-12/h1-8,10H,9,11H2. The lowest BCUT2D eigenvalue weighted by Gasteiger charge is -2.13. The van der Waals surface area contributed by atoms with Gasteiger partial charge in [-0.25, -0.2) is 10.1 Å². The summed E-state index contributed by atoms with van der Waals surface area (Å²) >= 11 is 0. The lowest BCUT2D eigenvalue weighted by molar-refractivity contribution is -0.494. The van der Waals surface area contributed by atoms with Gasteiger partial charge in [-0.05, 0) is 24.3 Å². The molecule has 0 aliphatic carbocycles. The summed E-state index contributed by atoms with van der Waals surface area (Å²) in [6.07, 6.45) is 2.23. The highest BCUT2D eigenvalue weighted by Gasteiger charge is 2.16. The molecule has 0 bridgehead atoms. The van der Waals surface area contributed by atoms with Crippen LogP contribution in [-0.4, -0.2) is 16.6 Å². The van der Waals surface area contributed by atoms with Crippen molar-refractivity contribution in [1.29, 1.82) is 0 Å². The number of nitro groups is 1. The predicted octanol–water partition coefficient (Wildman–Crippen LogP) is 2.32. The second-order valence-electron chi connectivity index (χ2n) is 3.77. The molecule has 92 valence electrons. The number of pyridine rings is 1. The van der Waals surface area contributed by atoms with Gasteiger partial charge in [-0.15, -0.1) is 0 Å². The summed E-state index contributed by atoms with van der Waals surface area (Å²) in [5.74, 6) is 0. The van der Waals surface area contributed by atoms with Crippen LogP contribution in [0, 0.1) is 10.1 Å². The van der Waals surface area contributed by atoms with Gasteiger partial charge in [0, 0.05) is 18.3 Å². The van der Waals surface area contributed by atoms with Crippen LogP contribution >= 0.6 is 0 Å². The number of aromatic nitrogens is 1. The van der Waals surface area contributed by atoms with Crippen LogP contribution in [0.5, 0.6) is 0 Å². The molecule has 0 aliphatic heterocycles. The first-order chi connectivity index (χ1) is 8.77. The number of para-hydroxylation sites is 1. The Morgan fingerprint density at radius 2 is 1.83 bits per heavy atom. The molecule has 0 radical (unpaired) electrons. The SMILES string of the molecule is O=[N+]([O-])N(CCc1ccccn1)c1ccccc1. The zero-order valence-corrected chi connectivity index (χ0v) is 9.77. The summed E-state index contributed by atoms with van der Waals surface area (Å²) in [6.45, 7) is 0.300. The molecule has 0 atom stereocenters. The van der Waals surface area contributed by atoms with Gasteiger partial charge in [0.05, 0.1) is 6.54 Å². The van der Waals surface area contributed by atoms with Gasteiger partial charge in [-0.2, -0.15) is 0 Å². The highest BCUT2D eigenvalue weighted by Crippen LogP contribution is 2.13. The third kappa shape index (κ3) is 3.04. The third-order valence-electron chi connectivity index (χ3n) is 2.56. The van der Waals surface area contributed by atoms with Crippen molar-refractivity contribution in [2.75, 3.05) is 11.6 Å². The number of anilines is 1. The molecule has 18 heavy (non-hydrogen) atoms. The van der Waals surface area contributed by atoms with Crippen molar-refractivity contribution < 1.29 is 5.03 Å². The number of rotatable bonds is 5. The molecule has 1 heterocycles. The number of hydrogen-bond donors (Lipinski definition) is 0. The molecule has 0 N–H and O–H groups in total. The first kappa shape index (κ1) is 12.0. The minimum absolute atomic E-state index is 0.300. The van der Waals surface area contributed by atoms with E-state index in [1.165, 1.54) is 0 Å². The van der Waals surface area contributed by atoms with E-state index >= 15 is 0 Å². The number of benzene rings is 1. The Labute approximate surface area is 105 Å². The van der Waals surface area contributed by atoms with Crippen molar-refractivity contribution >= 4 is 5.69 Å². The second kappa shape index (κ2) is 5.77. The zero-order chi connectivity index (χ0) is 12.8. The van der Waals surface area contributed by atoms with Crippen LogP contribution in [0.15, 0.2) is 54.7 Å². The van der Waals surface area contributed by atoms with E-state index in [1.54, 1.807) is 30.5 Å². The van der Waals surface area contributed by atoms with Crippen LogP contribution < -0.4 is 5.01 Å². The van der Waals surface area contributed by atoms with E-state index < -0.39 is 5.03 Å². The van der Waals surface area contributed by atoms with Gasteiger partial charge in [0.25, 0.3) is 0 Å². The monoisotopic (exact) mass is 243 g/mol. The van der Waals surface area contributed by atoms with E-state index in [9.17, 15) is 10.1 Å². The average Bonchev–Trinajstić information content (AvgIpc) is 2.41. The van der Waals surface area contributed by atoms with Crippen LogP contribution in [0.2, 0.25) is 0 Å². The summed E-state index contributed by atoms with van der Waals surface area (Å²) in [4.78, 5) is 15.2. The Hall–Kier alpha value is -2.43. The normalized spacial score (nSPS) is 10.0. The third-order valence-corrected chi connectivity index (χ3v) is 2.56. The number of nitrogens with zero attached hydrogens (tertiary/aromatic N) is 3. The Bertz CT molecular complexity index is 502. The molecular weight excluding hydrogens is 230 g/mol. The summed E-state index contributed by atoms with van der Waals surface area (Å²) in [5.41, 5.74) is 1.43. The van der Waals surface area contributed by atoms with Gasteiger partial charge in [0.2, 0.25) is 0 Å². The maximum absolute atomic E-state index is 11.0. The molecule has 0 amide bonds. The van der Waals surface area contributed by atoms with Crippen LogP contribution in [0.3, 0.4) is 0 Å². The van der Waals surface area contributed by atoms with Crippen LogP contribution in [0.4, 0.5) is 5.69 Å². The zero-order valence-electron chi connectivity index (χ0n) is 9.77. The lowest BCUT2D eigenvalue weighted by atomic mass is 10.2. The topological polar surface area (TPSA) is 59.3 Å². The first-order valence-electron chi connectivity index (χ1n) is 5.64. The Morgan fingerprint density at radius 1 is 1.11 bits per heavy atom. The maximum Gasteiger partial charge on any atom is 0.165 e. The molecule has 0 spiro atoms. The molecule has 1 aromatic heterocycles. The summed E-state index contributed by atoms with van der Waals surface area (Å²) in [5, 5.41) is 11.8. The Kier molecular flexibility index (Phi) is 3.86. The van der Waals surface area contributed by atoms with Crippen molar-refractivity contribution in [3.63, 3.8) is 0 Å². The molecule has 5 nitrogen and oxygen atoms in total. The average molecular weight is 243 g/mol. The molecule has 1 aromatic carbocycles. The molecule has 0 fully saturated rings. The van der Waals surface area contributed by atoms with Crippen molar-refractivity contribution in [1.82, 2.24) is 4.98 Å². The summed E-state index contributed by atoms with van der Waals surface area (Å²) in [7, 11) is 0. The molecular formula is C13H13N3O2. The molecule has 0 aliphatic rings. The van der Waals surface area contributed by atoms with Gasteiger partial charge >= 0.3 is 0 Å². The molecule has 2 rings (SSSR count). The molecule has 0 unspecified atom stereocenters. The highest BCUT2D eigenvalue weighted by molar-refractivity contribution is 5.43. The van der Waals surface area contributed by atoms with Gasteiger partial charge in [0.1, 0.15) is 5.69 Å². The van der Waals surface area contributed by atoms with Crippen molar-refractivity contribution in [3.05, 3.63) is 70.5 Å². The van der Waals surface area contributed by atoms with Crippen molar-refractivity contribution in [2.24, 2.45) is 0 Å². The predicted molar refractivity (Wildman–Crippen MR) is 68.7 cm³/mol. The Morgan fingerprint density at radius 3 is 2.44 bits per heavy atom. The van der Waals surface area contributed by atoms with E-state index in [4.69, 9.17) is 0 Å². The number of hydrazine groups is 1. The van der Waals surface area contributed by atoms with Gasteiger partial charge in [-0.1, -0.05) is 29.3 Å². The summed E-state index contributed by atoms with van der Waals surface area (Å²) < 4.78 is 0. The minimum Gasteiger partial charge on any atom is -0.261 e. The maximum atomic E-state index is 11.0. The van der Waals surface area contributed by atoms with Crippen molar-refractivity contribution in [3.8, 4) is 0 Å². The fraction of sp³-hybridized carbons (Fsp3) is 0.154. The smallest absolute Gasteiger partial charge is 0.165 e. The fourth-order valence-corrected chi connectivity index (χ4v) is 1.67. The molecule has 0 saturated heterocycles. The van der Waals surface area contributed by atoms with E-state index in [0.717, 1.165) is 10.7 Å². The van der Waals surface area contributed by atoms with E-state index in [1.807, 2.05) is 24.3 Å². The fourth-order valence-electron chi connectivity index (χ4n) is 1.67. The largest absolute Gasteiger partial charge is 0.261 e. The van der Waals surface area contributed by atoms with Gasteiger partial charge < -0.3 is 0 Å². The highest BCUT2D eigenvalue weighted by atomic mass is 16.7. The summed E-state index contributed by atoms with van der Waals surface area (Å²) in [6, 6.07) is 14.4.